The van der Waals surface area contributed by atoms with Crippen molar-refractivity contribution in [1.29, 1.82) is 0 Å². The van der Waals surface area contributed by atoms with E-state index in [1.165, 1.54) is 6.42 Å². The minimum absolute atomic E-state index is 0.0549. The molecular formula is C20H26N2O4. The molecule has 1 fully saturated rings. The molecule has 6 nitrogen and oxygen atoms in total. The van der Waals surface area contributed by atoms with Crippen molar-refractivity contribution < 1.29 is 19.1 Å². The number of hydrogen-bond donors (Lipinski definition) is 2. The Labute approximate surface area is 153 Å². The van der Waals surface area contributed by atoms with Crippen molar-refractivity contribution in [2.45, 2.75) is 51.7 Å². The maximum absolute atomic E-state index is 12.9. The van der Waals surface area contributed by atoms with Gasteiger partial charge in [0.2, 0.25) is 0 Å². The molecule has 0 unspecified atom stereocenters. The zero-order chi connectivity index (χ0) is 18.7. The van der Waals surface area contributed by atoms with E-state index in [9.17, 15) is 9.59 Å². The smallest absolute Gasteiger partial charge is 0.338 e. The first-order chi connectivity index (χ1) is 12.5. The Balaban J connectivity index is 1.83. The fourth-order valence-electron chi connectivity index (χ4n) is 3.71. The second kappa shape index (κ2) is 7.81. The Bertz CT molecular complexity index is 711. The van der Waals surface area contributed by atoms with E-state index in [0.717, 1.165) is 30.6 Å². The molecule has 3 rings (SSSR count). The van der Waals surface area contributed by atoms with Crippen LogP contribution >= 0.6 is 0 Å². The van der Waals surface area contributed by atoms with Gasteiger partial charge in [-0.05, 0) is 49.8 Å². The number of hydrogen-bond acceptors (Lipinski definition) is 4. The number of allylic oxidation sites excluding steroid dienone is 1. The quantitative estimate of drug-likeness (QED) is 0.808. The molecular weight excluding hydrogens is 332 g/mol. The number of esters is 1. The molecule has 2 amide bonds. The maximum atomic E-state index is 12.9. The summed E-state index contributed by atoms with van der Waals surface area (Å²) in [5, 5.41) is 5.51. The molecule has 140 valence electrons. The Kier molecular flexibility index (Phi) is 5.49. The number of carbonyl (C=O) groups is 2. The van der Waals surface area contributed by atoms with Crippen molar-refractivity contribution in [2.24, 2.45) is 5.92 Å². The minimum atomic E-state index is -0.539. The van der Waals surface area contributed by atoms with Gasteiger partial charge in [-0.25, -0.2) is 9.59 Å². The lowest BCUT2D eigenvalue weighted by Gasteiger charge is -2.31. The van der Waals surface area contributed by atoms with Gasteiger partial charge >= 0.3 is 12.0 Å². The molecule has 2 aliphatic rings. The van der Waals surface area contributed by atoms with E-state index in [1.54, 1.807) is 14.0 Å². The van der Waals surface area contributed by atoms with Gasteiger partial charge in [-0.1, -0.05) is 25.5 Å². The molecule has 26 heavy (non-hydrogen) atoms. The predicted octanol–water partition coefficient (Wildman–Crippen LogP) is 3.45. The first-order valence-electron chi connectivity index (χ1n) is 9.11. The fourth-order valence-corrected chi connectivity index (χ4v) is 3.71. The highest BCUT2D eigenvalue weighted by Gasteiger charge is 2.34. The van der Waals surface area contributed by atoms with Gasteiger partial charge in [-0.2, -0.15) is 0 Å². The first-order valence-corrected chi connectivity index (χ1v) is 9.11. The van der Waals surface area contributed by atoms with Crippen LogP contribution in [0.5, 0.6) is 5.75 Å². The zero-order valence-electron chi connectivity index (χ0n) is 15.5. The molecule has 6 heteroatoms. The average molecular weight is 358 g/mol. The van der Waals surface area contributed by atoms with E-state index in [2.05, 4.69) is 17.6 Å². The van der Waals surface area contributed by atoms with Crippen LogP contribution < -0.4 is 15.4 Å². The summed E-state index contributed by atoms with van der Waals surface area (Å²) in [6, 6.07) is 6.45. The Hall–Kier alpha value is -2.50. The highest BCUT2D eigenvalue weighted by atomic mass is 16.5. The molecule has 1 aromatic carbocycles. The summed E-state index contributed by atoms with van der Waals surface area (Å²) in [4.78, 5) is 24.8. The summed E-state index contributed by atoms with van der Waals surface area (Å²) in [7, 11) is 1.60. The molecule has 2 N–H and O–H groups in total. The van der Waals surface area contributed by atoms with Gasteiger partial charge in [-0.3, -0.25) is 0 Å². The minimum Gasteiger partial charge on any atom is -0.497 e. The van der Waals surface area contributed by atoms with Crippen LogP contribution in [0.1, 0.15) is 51.1 Å². The maximum Gasteiger partial charge on any atom is 0.338 e. The summed E-state index contributed by atoms with van der Waals surface area (Å²) >= 11 is 0. The molecule has 3 atom stereocenters. The normalized spacial score (nSPS) is 26.0. The van der Waals surface area contributed by atoms with Crippen molar-refractivity contribution in [2.75, 3.05) is 7.11 Å². The van der Waals surface area contributed by atoms with Crippen molar-refractivity contribution in [3.05, 3.63) is 41.1 Å². The fraction of sp³-hybridized carbons (Fsp3) is 0.500. The molecule has 1 aliphatic carbocycles. The SMILES string of the molecule is COc1ccc([C@@H]2NC(=O)NC(C)=C2C(=O)O[C@H]2CCC[C@@H](C)C2)cc1. The standard InChI is InChI=1S/C20H26N2O4/c1-12-5-4-6-16(11-12)26-19(23)17-13(2)21-20(24)22-18(17)14-7-9-15(25-3)10-8-14/h7-10,12,16,18H,4-6,11H2,1-3H3,(H2,21,22,24)/t12-,16+,18+/m1/s1. The number of carbonyl (C=O) groups excluding carboxylic acids is 2. The van der Waals surface area contributed by atoms with Crippen LogP contribution in [0.2, 0.25) is 0 Å². The Morgan fingerprint density at radius 1 is 1.19 bits per heavy atom. The van der Waals surface area contributed by atoms with Crippen LogP contribution in [0.15, 0.2) is 35.5 Å². The number of ether oxygens (including phenoxy) is 2. The van der Waals surface area contributed by atoms with Crippen molar-refractivity contribution in [3.63, 3.8) is 0 Å². The lowest BCUT2D eigenvalue weighted by atomic mass is 9.88. The van der Waals surface area contributed by atoms with E-state index < -0.39 is 6.04 Å². The summed E-state index contributed by atoms with van der Waals surface area (Å²) in [6.45, 7) is 3.92. The largest absolute Gasteiger partial charge is 0.497 e. The van der Waals surface area contributed by atoms with Gasteiger partial charge in [-0.15, -0.1) is 0 Å². The molecule has 0 spiro atoms. The van der Waals surface area contributed by atoms with E-state index in [-0.39, 0.29) is 18.1 Å². The molecule has 1 aromatic rings. The number of benzene rings is 1. The van der Waals surface area contributed by atoms with Gasteiger partial charge in [0.1, 0.15) is 11.9 Å². The zero-order valence-corrected chi connectivity index (χ0v) is 15.5. The summed E-state index contributed by atoms with van der Waals surface area (Å²) in [5.74, 6) is 0.920. The molecule has 0 radical (unpaired) electrons. The lowest BCUT2D eigenvalue weighted by molar-refractivity contribution is -0.146. The summed E-state index contributed by atoms with van der Waals surface area (Å²) in [6.07, 6.45) is 4.00. The van der Waals surface area contributed by atoms with Crippen molar-refractivity contribution in [3.8, 4) is 5.75 Å². The monoisotopic (exact) mass is 358 g/mol. The summed E-state index contributed by atoms with van der Waals surface area (Å²) < 4.78 is 11.0. The first kappa shape index (κ1) is 18.3. The predicted molar refractivity (Wildman–Crippen MR) is 97.6 cm³/mol. The third kappa shape index (κ3) is 4.00. The lowest BCUT2D eigenvalue weighted by Crippen LogP contribution is -2.45. The average Bonchev–Trinajstić information content (AvgIpc) is 2.61. The van der Waals surface area contributed by atoms with Crippen LogP contribution in [0.25, 0.3) is 0 Å². The second-order valence-electron chi connectivity index (χ2n) is 7.14. The van der Waals surface area contributed by atoms with Crippen LogP contribution in [-0.4, -0.2) is 25.2 Å². The third-order valence-electron chi connectivity index (χ3n) is 5.10. The topological polar surface area (TPSA) is 76.7 Å². The number of methoxy groups -OCH3 is 1. The Morgan fingerprint density at radius 2 is 1.92 bits per heavy atom. The third-order valence-corrected chi connectivity index (χ3v) is 5.10. The van der Waals surface area contributed by atoms with Crippen LogP contribution in [0.3, 0.4) is 0 Å². The van der Waals surface area contributed by atoms with Gasteiger partial charge in [0, 0.05) is 5.70 Å². The molecule has 1 aliphatic heterocycles. The van der Waals surface area contributed by atoms with Crippen LogP contribution in [0.4, 0.5) is 4.79 Å². The molecule has 0 bridgehead atoms. The van der Waals surface area contributed by atoms with Gasteiger partial charge in [0.15, 0.2) is 0 Å². The van der Waals surface area contributed by atoms with Crippen LogP contribution in [-0.2, 0) is 9.53 Å². The van der Waals surface area contributed by atoms with Crippen molar-refractivity contribution >= 4 is 12.0 Å². The van der Waals surface area contributed by atoms with Crippen molar-refractivity contribution in [1.82, 2.24) is 10.6 Å². The van der Waals surface area contributed by atoms with Crippen LogP contribution in [0, 0.1) is 5.92 Å². The highest BCUT2D eigenvalue weighted by Crippen LogP contribution is 2.31. The number of urea groups is 1. The molecule has 1 heterocycles. The highest BCUT2D eigenvalue weighted by molar-refractivity contribution is 5.95. The summed E-state index contributed by atoms with van der Waals surface area (Å²) in [5.41, 5.74) is 1.79. The molecule has 1 saturated carbocycles. The van der Waals surface area contributed by atoms with E-state index in [0.29, 0.717) is 17.2 Å². The number of rotatable bonds is 4. The molecule has 0 aromatic heterocycles. The van der Waals surface area contributed by atoms with Gasteiger partial charge in [0.25, 0.3) is 0 Å². The second-order valence-corrected chi connectivity index (χ2v) is 7.14. The Morgan fingerprint density at radius 3 is 2.58 bits per heavy atom. The van der Waals surface area contributed by atoms with E-state index in [4.69, 9.17) is 9.47 Å². The van der Waals surface area contributed by atoms with E-state index >= 15 is 0 Å². The van der Waals surface area contributed by atoms with E-state index in [1.807, 2.05) is 24.3 Å². The molecule has 0 saturated heterocycles. The number of nitrogens with one attached hydrogen (secondary N) is 2. The van der Waals surface area contributed by atoms with Gasteiger partial charge in [0.05, 0.1) is 18.7 Å². The van der Waals surface area contributed by atoms with Gasteiger partial charge < -0.3 is 20.1 Å². The number of amides is 2.